The van der Waals surface area contributed by atoms with E-state index >= 15 is 0 Å². The molecule has 0 N–H and O–H groups in total. The lowest BCUT2D eigenvalue weighted by Gasteiger charge is -2.08. The number of unbranched alkanes of at least 4 members (excludes halogenated alkanes) is 5. The first-order valence-electron chi connectivity index (χ1n) is 12.4. The SMILES string of the molecule is CCCCCCCCn1c2nc3ccccc3nc2c2c(=O)n(Cc3ccc(C)cc3)cnc21. The van der Waals surface area contributed by atoms with Crippen LogP contribution in [0.15, 0.2) is 59.7 Å². The zero-order valence-corrected chi connectivity index (χ0v) is 20.0. The fourth-order valence-corrected chi connectivity index (χ4v) is 4.60. The number of hydrogen-bond acceptors (Lipinski definition) is 4. The molecule has 0 saturated heterocycles. The summed E-state index contributed by atoms with van der Waals surface area (Å²) >= 11 is 0. The summed E-state index contributed by atoms with van der Waals surface area (Å²) in [4.78, 5) is 28.2. The number of para-hydroxylation sites is 2. The maximum atomic E-state index is 13.7. The third-order valence-electron chi connectivity index (χ3n) is 6.53. The number of nitrogens with zero attached hydrogens (tertiary/aromatic N) is 5. The van der Waals surface area contributed by atoms with Crippen molar-refractivity contribution in [3.05, 3.63) is 76.3 Å². The molecule has 0 amide bonds. The topological polar surface area (TPSA) is 65.6 Å². The Labute approximate surface area is 199 Å². The largest absolute Gasteiger partial charge is 0.308 e. The van der Waals surface area contributed by atoms with Crippen molar-refractivity contribution in [1.82, 2.24) is 24.1 Å². The van der Waals surface area contributed by atoms with Gasteiger partial charge < -0.3 is 4.57 Å². The fourth-order valence-electron chi connectivity index (χ4n) is 4.60. The van der Waals surface area contributed by atoms with Crippen LogP contribution in [0.2, 0.25) is 0 Å². The van der Waals surface area contributed by atoms with E-state index in [0.717, 1.165) is 41.6 Å². The Bertz CT molecular complexity index is 1500. The summed E-state index contributed by atoms with van der Waals surface area (Å²) in [6, 6.07) is 16.1. The molecule has 2 aromatic carbocycles. The molecule has 3 aromatic heterocycles. The number of fused-ring (bicyclic) bond motifs is 4. The Morgan fingerprint density at radius 3 is 2.29 bits per heavy atom. The molecule has 0 aliphatic rings. The van der Waals surface area contributed by atoms with Crippen LogP contribution in [0.1, 0.15) is 56.6 Å². The molecule has 6 heteroatoms. The van der Waals surface area contributed by atoms with Gasteiger partial charge in [0, 0.05) is 6.54 Å². The van der Waals surface area contributed by atoms with Gasteiger partial charge in [-0.2, -0.15) is 0 Å². The van der Waals surface area contributed by atoms with Gasteiger partial charge in [0.2, 0.25) is 0 Å². The van der Waals surface area contributed by atoms with Crippen molar-refractivity contribution >= 4 is 33.2 Å². The summed E-state index contributed by atoms with van der Waals surface area (Å²) < 4.78 is 3.78. The highest BCUT2D eigenvalue weighted by molar-refractivity contribution is 6.04. The molecule has 0 radical (unpaired) electrons. The van der Waals surface area contributed by atoms with Gasteiger partial charge in [-0.25, -0.2) is 15.0 Å². The van der Waals surface area contributed by atoms with E-state index in [0.29, 0.717) is 23.1 Å². The van der Waals surface area contributed by atoms with E-state index in [2.05, 4.69) is 42.7 Å². The Kier molecular flexibility index (Phi) is 6.39. The van der Waals surface area contributed by atoms with Gasteiger partial charge in [-0.1, -0.05) is 81.0 Å². The molecule has 0 spiro atoms. The van der Waals surface area contributed by atoms with Crippen molar-refractivity contribution in [2.45, 2.75) is 65.5 Å². The minimum absolute atomic E-state index is 0.0677. The molecular weight excluding hydrogens is 422 g/mol. The van der Waals surface area contributed by atoms with E-state index in [-0.39, 0.29) is 5.56 Å². The number of rotatable bonds is 9. The summed E-state index contributed by atoms with van der Waals surface area (Å²) in [7, 11) is 0. The molecular formula is C28H31N5O. The van der Waals surface area contributed by atoms with Crippen molar-refractivity contribution in [2.24, 2.45) is 0 Å². The van der Waals surface area contributed by atoms with E-state index in [4.69, 9.17) is 15.0 Å². The van der Waals surface area contributed by atoms with E-state index in [1.165, 1.54) is 31.2 Å². The normalized spacial score (nSPS) is 11.7. The van der Waals surface area contributed by atoms with E-state index in [9.17, 15) is 4.79 Å². The van der Waals surface area contributed by atoms with E-state index in [1.807, 2.05) is 24.3 Å². The summed E-state index contributed by atoms with van der Waals surface area (Å²) in [5.41, 5.74) is 5.91. The molecule has 0 atom stereocenters. The van der Waals surface area contributed by atoms with Gasteiger partial charge in [0.15, 0.2) is 11.3 Å². The molecule has 34 heavy (non-hydrogen) atoms. The first kappa shape index (κ1) is 22.3. The van der Waals surface area contributed by atoms with Crippen LogP contribution in [-0.2, 0) is 13.1 Å². The first-order valence-corrected chi connectivity index (χ1v) is 12.4. The molecule has 5 aromatic rings. The zero-order chi connectivity index (χ0) is 23.5. The number of aromatic nitrogens is 5. The molecule has 0 aliphatic carbocycles. The average molecular weight is 454 g/mol. The van der Waals surface area contributed by atoms with Gasteiger partial charge in [-0.3, -0.25) is 9.36 Å². The summed E-state index contributed by atoms with van der Waals surface area (Å²) in [5, 5.41) is 0.564. The number of hydrogen-bond donors (Lipinski definition) is 0. The summed E-state index contributed by atoms with van der Waals surface area (Å²) in [5.74, 6) is 0. The van der Waals surface area contributed by atoms with Crippen LogP contribution in [0, 0.1) is 6.92 Å². The minimum atomic E-state index is -0.0677. The van der Waals surface area contributed by atoms with E-state index < -0.39 is 0 Å². The van der Waals surface area contributed by atoms with Crippen LogP contribution in [0.5, 0.6) is 0 Å². The Morgan fingerprint density at radius 1 is 0.824 bits per heavy atom. The van der Waals surface area contributed by atoms with Crippen LogP contribution in [0.25, 0.3) is 33.2 Å². The van der Waals surface area contributed by atoms with Gasteiger partial charge in [-0.05, 0) is 31.0 Å². The molecule has 0 bridgehead atoms. The average Bonchev–Trinajstić information content (AvgIpc) is 3.16. The highest BCUT2D eigenvalue weighted by atomic mass is 16.1. The Balaban J connectivity index is 1.59. The lowest BCUT2D eigenvalue weighted by atomic mass is 10.1. The van der Waals surface area contributed by atoms with Crippen molar-refractivity contribution in [3.8, 4) is 0 Å². The third-order valence-corrected chi connectivity index (χ3v) is 6.53. The van der Waals surface area contributed by atoms with Crippen molar-refractivity contribution in [3.63, 3.8) is 0 Å². The second kappa shape index (κ2) is 9.75. The van der Waals surface area contributed by atoms with Gasteiger partial charge in [-0.15, -0.1) is 0 Å². The second-order valence-corrected chi connectivity index (χ2v) is 9.17. The first-order chi connectivity index (χ1) is 16.7. The fraction of sp³-hybridized carbons (Fsp3) is 0.357. The Hall–Kier alpha value is -3.54. The quantitative estimate of drug-likeness (QED) is 0.256. The predicted molar refractivity (Wildman–Crippen MR) is 138 cm³/mol. The number of benzene rings is 2. The van der Waals surface area contributed by atoms with Crippen LogP contribution in [0.3, 0.4) is 0 Å². The molecule has 6 nitrogen and oxygen atoms in total. The molecule has 0 unspecified atom stereocenters. The highest BCUT2D eigenvalue weighted by Gasteiger charge is 2.19. The van der Waals surface area contributed by atoms with Crippen molar-refractivity contribution < 1.29 is 0 Å². The molecule has 174 valence electrons. The van der Waals surface area contributed by atoms with Gasteiger partial charge in [0.25, 0.3) is 5.56 Å². The van der Waals surface area contributed by atoms with Crippen LogP contribution >= 0.6 is 0 Å². The van der Waals surface area contributed by atoms with E-state index in [1.54, 1.807) is 10.9 Å². The highest BCUT2D eigenvalue weighted by Crippen LogP contribution is 2.25. The number of aryl methyl sites for hydroxylation is 2. The van der Waals surface area contributed by atoms with Gasteiger partial charge >= 0.3 is 0 Å². The molecule has 0 saturated carbocycles. The maximum absolute atomic E-state index is 13.7. The lowest BCUT2D eigenvalue weighted by Crippen LogP contribution is -2.21. The van der Waals surface area contributed by atoms with Gasteiger partial charge in [0.05, 0.1) is 17.6 Å². The smallest absolute Gasteiger partial charge is 0.265 e. The second-order valence-electron chi connectivity index (χ2n) is 9.17. The van der Waals surface area contributed by atoms with Gasteiger partial charge in [0.1, 0.15) is 17.2 Å². The van der Waals surface area contributed by atoms with Crippen LogP contribution < -0.4 is 5.56 Å². The minimum Gasteiger partial charge on any atom is -0.308 e. The molecule has 3 heterocycles. The monoisotopic (exact) mass is 453 g/mol. The maximum Gasteiger partial charge on any atom is 0.265 e. The van der Waals surface area contributed by atoms with Crippen LogP contribution in [0.4, 0.5) is 0 Å². The standard InChI is InChI=1S/C28H31N5O/c1-3-4-5-6-7-10-17-33-26-24(25-27(33)31-23-12-9-8-11-22(23)30-25)28(34)32(19-29-26)18-21-15-13-20(2)14-16-21/h8-9,11-16,19H,3-7,10,17-18H2,1-2H3. The molecule has 5 rings (SSSR count). The Morgan fingerprint density at radius 2 is 1.53 bits per heavy atom. The third kappa shape index (κ3) is 4.32. The summed E-state index contributed by atoms with van der Waals surface area (Å²) in [6.07, 6.45) is 8.90. The van der Waals surface area contributed by atoms with Crippen molar-refractivity contribution in [2.75, 3.05) is 0 Å². The van der Waals surface area contributed by atoms with Crippen LogP contribution in [-0.4, -0.2) is 24.1 Å². The summed E-state index contributed by atoms with van der Waals surface area (Å²) in [6.45, 7) is 5.56. The molecule has 0 aliphatic heterocycles. The zero-order valence-electron chi connectivity index (χ0n) is 20.0. The lowest BCUT2D eigenvalue weighted by molar-refractivity contribution is 0.568. The van der Waals surface area contributed by atoms with Crippen molar-refractivity contribution in [1.29, 1.82) is 0 Å². The molecule has 0 fully saturated rings. The predicted octanol–water partition coefficient (Wildman–Crippen LogP) is 6.01.